The molecule has 2 heteroatoms. The lowest BCUT2D eigenvalue weighted by atomic mass is 9.93. The summed E-state index contributed by atoms with van der Waals surface area (Å²) in [5.74, 6) is 1.98. The Hall–Kier alpha value is -2.74. The molecule has 0 heterocycles. The van der Waals surface area contributed by atoms with Crippen LogP contribution < -0.4 is 9.47 Å². The van der Waals surface area contributed by atoms with E-state index >= 15 is 0 Å². The van der Waals surface area contributed by atoms with Crippen molar-refractivity contribution in [1.82, 2.24) is 0 Å². The summed E-state index contributed by atoms with van der Waals surface area (Å²) in [5.41, 5.74) is 2.78. The number of unbranched alkanes of at least 4 members (excludes halogenated alkanes) is 4. The van der Waals surface area contributed by atoms with E-state index in [0.29, 0.717) is 13.2 Å². The molecule has 2 nitrogen and oxygen atoms in total. The molecular formula is C30H38O2. The van der Waals surface area contributed by atoms with Gasteiger partial charge in [-0.15, -0.1) is 13.2 Å². The van der Waals surface area contributed by atoms with Crippen molar-refractivity contribution in [3.8, 4) is 11.5 Å². The van der Waals surface area contributed by atoms with Crippen LogP contribution in [0.2, 0.25) is 0 Å². The van der Waals surface area contributed by atoms with Crippen molar-refractivity contribution in [2.24, 2.45) is 0 Å². The lowest BCUT2D eigenvalue weighted by Gasteiger charge is -2.20. The average Bonchev–Trinajstić information content (AvgIpc) is 2.83. The van der Waals surface area contributed by atoms with Gasteiger partial charge in [-0.3, -0.25) is 0 Å². The number of hydrogen-bond acceptors (Lipinski definition) is 2. The Morgan fingerprint density at radius 3 is 1.47 bits per heavy atom. The summed E-state index contributed by atoms with van der Waals surface area (Å²) in [5, 5.41) is 4.61. The molecule has 0 spiro atoms. The molecule has 0 amide bonds. The SMILES string of the molecule is C=CCCCCOc1c2ccccc2c(OCCCCC=C)c2cc(CC)c(CC)cc12. The summed E-state index contributed by atoms with van der Waals surface area (Å²) in [6, 6.07) is 13.2. The van der Waals surface area contributed by atoms with E-state index in [1.54, 1.807) is 0 Å². The summed E-state index contributed by atoms with van der Waals surface area (Å²) in [4.78, 5) is 0. The molecule has 0 aliphatic heterocycles. The number of aryl methyl sites for hydroxylation is 2. The lowest BCUT2D eigenvalue weighted by Crippen LogP contribution is -2.03. The van der Waals surface area contributed by atoms with Gasteiger partial charge in [0.1, 0.15) is 11.5 Å². The van der Waals surface area contributed by atoms with Gasteiger partial charge in [-0.1, -0.05) is 50.3 Å². The van der Waals surface area contributed by atoms with Crippen molar-refractivity contribution in [3.05, 3.63) is 72.8 Å². The first-order valence-corrected chi connectivity index (χ1v) is 12.2. The Bertz CT molecular complexity index is 964. The van der Waals surface area contributed by atoms with Gasteiger partial charge in [0.05, 0.1) is 13.2 Å². The molecule has 0 radical (unpaired) electrons. The fourth-order valence-electron chi connectivity index (χ4n) is 4.33. The fourth-order valence-corrected chi connectivity index (χ4v) is 4.33. The molecule has 0 saturated heterocycles. The number of benzene rings is 3. The van der Waals surface area contributed by atoms with Crippen LogP contribution in [0.4, 0.5) is 0 Å². The first-order valence-electron chi connectivity index (χ1n) is 12.2. The van der Waals surface area contributed by atoms with Crippen LogP contribution in [0.1, 0.15) is 63.5 Å². The third kappa shape index (κ3) is 5.54. The molecular weight excluding hydrogens is 392 g/mol. The first-order chi connectivity index (χ1) is 15.7. The van der Waals surface area contributed by atoms with Crippen molar-refractivity contribution in [1.29, 1.82) is 0 Å². The van der Waals surface area contributed by atoms with Crippen molar-refractivity contribution >= 4 is 21.5 Å². The topological polar surface area (TPSA) is 18.5 Å². The smallest absolute Gasteiger partial charge is 0.135 e. The van der Waals surface area contributed by atoms with E-state index in [-0.39, 0.29) is 0 Å². The predicted octanol–water partition coefficient (Wildman–Crippen LogP) is 8.59. The highest BCUT2D eigenvalue weighted by Gasteiger charge is 2.18. The van der Waals surface area contributed by atoms with E-state index in [1.165, 1.54) is 21.9 Å². The molecule has 0 aliphatic rings. The van der Waals surface area contributed by atoms with Gasteiger partial charge in [0.2, 0.25) is 0 Å². The minimum Gasteiger partial charge on any atom is -0.492 e. The molecule has 0 unspecified atom stereocenters. The standard InChI is InChI=1S/C30H38O2/c1-5-9-11-15-19-31-29-25-17-13-14-18-26(25)30(32-20-16-12-10-6-2)28-22-24(8-4)23(7-3)21-27(28)29/h5-6,13-14,17-18,21-22H,1-2,7-12,15-16,19-20H2,3-4H3. The van der Waals surface area contributed by atoms with E-state index in [1.807, 2.05) is 12.2 Å². The number of rotatable bonds is 14. The Kier molecular flexibility index (Phi) is 9.22. The van der Waals surface area contributed by atoms with Gasteiger partial charge in [-0.2, -0.15) is 0 Å². The van der Waals surface area contributed by atoms with Crippen LogP contribution in [0.25, 0.3) is 21.5 Å². The van der Waals surface area contributed by atoms with Crippen molar-refractivity contribution < 1.29 is 9.47 Å². The van der Waals surface area contributed by atoms with E-state index in [9.17, 15) is 0 Å². The fraction of sp³-hybridized carbons (Fsp3) is 0.400. The average molecular weight is 431 g/mol. The van der Waals surface area contributed by atoms with Crippen LogP contribution in [-0.4, -0.2) is 13.2 Å². The highest BCUT2D eigenvalue weighted by atomic mass is 16.5. The third-order valence-corrected chi connectivity index (χ3v) is 6.11. The summed E-state index contributed by atoms with van der Waals surface area (Å²) < 4.78 is 12.9. The third-order valence-electron chi connectivity index (χ3n) is 6.11. The largest absolute Gasteiger partial charge is 0.492 e. The molecule has 0 aliphatic carbocycles. The molecule has 0 atom stereocenters. The Morgan fingerprint density at radius 2 is 1.09 bits per heavy atom. The maximum Gasteiger partial charge on any atom is 0.135 e. The number of allylic oxidation sites excluding steroid dienone is 2. The van der Waals surface area contributed by atoms with Crippen molar-refractivity contribution in [2.45, 2.75) is 65.2 Å². The van der Waals surface area contributed by atoms with Gasteiger partial charge in [0, 0.05) is 21.5 Å². The van der Waals surface area contributed by atoms with Crippen LogP contribution in [-0.2, 0) is 12.8 Å². The summed E-state index contributed by atoms with van der Waals surface area (Å²) in [7, 11) is 0. The molecule has 3 aromatic carbocycles. The quantitative estimate of drug-likeness (QED) is 0.145. The normalized spacial score (nSPS) is 11.1. The van der Waals surface area contributed by atoms with E-state index in [4.69, 9.17) is 9.47 Å². The van der Waals surface area contributed by atoms with Crippen LogP contribution >= 0.6 is 0 Å². The van der Waals surface area contributed by atoms with Crippen LogP contribution in [0.5, 0.6) is 11.5 Å². The monoisotopic (exact) mass is 430 g/mol. The maximum absolute atomic E-state index is 6.46. The van der Waals surface area contributed by atoms with Gasteiger partial charge < -0.3 is 9.47 Å². The lowest BCUT2D eigenvalue weighted by molar-refractivity contribution is 0.309. The van der Waals surface area contributed by atoms with Crippen LogP contribution in [0, 0.1) is 0 Å². The second-order valence-corrected chi connectivity index (χ2v) is 8.34. The minimum atomic E-state index is 0.714. The van der Waals surface area contributed by atoms with Gasteiger partial charge >= 0.3 is 0 Å². The zero-order valence-electron chi connectivity index (χ0n) is 19.9. The molecule has 32 heavy (non-hydrogen) atoms. The van der Waals surface area contributed by atoms with E-state index < -0.39 is 0 Å². The second-order valence-electron chi connectivity index (χ2n) is 8.34. The molecule has 3 rings (SSSR count). The molecule has 0 fully saturated rings. The molecule has 0 N–H and O–H groups in total. The van der Waals surface area contributed by atoms with Gasteiger partial charge in [0.25, 0.3) is 0 Å². The van der Waals surface area contributed by atoms with E-state index in [2.05, 4.69) is 63.4 Å². The second kappa shape index (κ2) is 12.3. The van der Waals surface area contributed by atoms with E-state index in [0.717, 1.165) is 73.6 Å². The highest BCUT2D eigenvalue weighted by molar-refractivity contribution is 6.11. The summed E-state index contributed by atoms with van der Waals surface area (Å²) in [6.07, 6.45) is 12.3. The molecule has 0 aromatic heterocycles. The molecule has 3 aromatic rings. The van der Waals surface area contributed by atoms with Crippen LogP contribution in [0.3, 0.4) is 0 Å². The van der Waals surface area contributed by atoms with Crippen molar-refractivity contribution in [3.63, 3.8) is 0 Å². The first kappa shape index (κ1) is 23.9. The number of fused-ring (bicyclic) bond motifs is 2. The zero-order valence-corrected chi connectivity index (χ0v) is 19.9. The highest BCUT2D eigenvalue weighted by Crippen LogP contribution is 2.44. The maximum atomic E-state index is 6.46. The zero-order chi connectivity index (χ0) is 22.8. The molecule has 0 bridgehead atoms. The predicted molar refractivity (Wildman–Crippen MR) is 139 cm³/mol. The van der Waals surface area contributed by atoms with Gasteiger partial charge in [0.15, 0.2) is 0 Å². The Morgan fingerprint density at radius 1 is 0.656 bits per heavy atom. The Balaban J connectivity index is 2.10. The number of ether oxygens (including phenoxy) is 2. The minimum absolute atomic E-state index is 0.714. The van der Waals surface area contributed by atoms with Gasteiger partial charge in [-0.25, -0.2) is 0 Å². The summed E-state index contributed by atoms with van der Waals surface area (Å²) >= 11 is 0. The number of hydrogen-bond donors (Lipinski definition) is 0. The molecule has 170 valence electrons. The molecule has 0 saturated carbocycles. The van der Waals surface area contributed by atoms with Crippen LogP contribution in [0.15, 0.2) is 61.7 Å². The van der Waals surface area contributed by atoms with Crippen molar-refractivity contribution in [2.75, 3.05) is 13.2 Å². The summed E-state index contributed by atoms with van der Waals surface area (Å²) in [6.45, 7) is 13.5. The Labute approximate surface area is 193 Å². The van der Waals surface area contributed by atoms with Gasteiger partial charge in [-0.05, 0) is 74.6 Å².